The SMILES string of the molecule is CCOC(=O)c1c(I)nn2c1C(=O)NC(CCC[Si](C)(C)C(C)(C)C)C2. The van der Waals surface area contributed by atoms with Crippen LogP contribution in [0.3, 0.4) is 0 Å². The summed E-state index contributed by atoms with van der Waals surface area (Å²) in [5.74, 6) is -0.711. The van der Waals surface area contributed by atoms with E-state index in [9.17, 15) is 9.59 Å². The van der Waals surface area contributed by atoms with Crippen LogP contribution in [0.1, 0.15) is 61.4 Å². The van der Waals surface area contributed by atoms with Gasteiger partial charge in [0.1, 0.15) is 15.0 Å². The highest BCUT2D eigenvalue weighted by Gasteiger charge is 2.36. The van der Waals surface area contributed by atoms with Gasteiger partial charge in [-0.2, -0.15) is 5.10 Å². The highest BCUT2D eigenvalue weighted by atomic mass is 127. The lowest BCUT2D eigenvalue weighted by Crippen LogP contribution is -2.45. The smallest absolute Gasteiger partial charge is 0.343 e. The van der Waals surface area contributed by atoms with E-state index in [1.54, 1.807) is 11.6 Å². The molecule has 0 saturated heterocycles. The molecule has 1 N–H and O–H groups in total. The van der Waals surface area contributed by atoms with Crippen molar-refractivity contribution in [2.75, 3.05) is 6.61 Å². The van der Waals surface area contributed by atoms with Gasteiger partial charge in [0, 0.05) is 6.04 Å². The third kappa shape index (κ3) is 4.49. The molecule has 26 heavy (non-hydrogen) atoms. The van der Waals surface area contributed by atoms with Gasteiger partial charge in [-0.3, -0.25) is 9.48 Å². The molecule has 0 saturated carbocycles. The van der Waals surface area contributed by atoms with Crippen LogP contribution in [0.2, 0.25) is 24.2 Å². The maximum Gasteiger partial charge on any atom is 0.343 e. The van der Waals surface area contributed by atoms with Crippen molar-refractivity contribution >= 4 is 42.5 Å². The second-order valence-corrected chi connectivity index (χ2v) is 15.4. The van der Waals surface area contributed by atoms with Crippen LogP contribution in [0.15, 0.2) is 0 Å². The highest BCUT2D eigenvalue weighted by Crippen LogP contribution is 2.39. The standard InChI is InChI=1S/C18H30IN3O3Si/c1-7-25-17(24)13-14-16(23)20-12(11-22(14)21-15(13)19)9-8-10-26(5,6)18(2,3)4/h12H,7-11H2,1-6H3,(H,20,23). The molecule has 0 aliphatic carbocycles. The van der Waals surface area contributed by atoms with E-state index in [0.717, 1.165) is 12.8 Å². The summed E-state index contributed by atoms with van der Waals surface area (Å²) >= 11 is 1.99. The van der Waals surface area contributed by atoms with E-state index in [2.05, 4.69) is 44.3 Å². The number of ether oxygens (including phenoxy) is 1. The Balaban J connectivity index is 2.06. The summed E-state index contributed by atoms with van der Waals surface area (Å²) in [5, 5.41) is 7.83. The first-order valence-electron chi connectivity index (χ1n) is 9.22. The van der Waals surface area contributed by atoms with Gasteiger partial charge >= 0.3 is 5.97 Å². The molecule has 1 unspecified atom stereocenters. The molecule has 0 aromatic carbocycles. The average molecular weight is 491 g/mol. The van der Waals surface area contributed by atoms with E-state index in [1.807, 2.05) is 22.6 Å². The largest absolute Gasteiger partial charge is 0.462 e. The minimum atomic E-state index is -1.30. The Hall–Kier alpha value is -0.903. The van der Waals surface area contributed by atoms with Crippen LogP contribution in [0.5, 0.6) is 0 Å². The predicted octanol–water partition coefficient (Wildman–Crippen LogP) is 4.07. The van der Waals surface area contributed by atoms with Gasteiger partial charge < -0.3 is 10.1 Å². The maximum absolute atomic E-state index is 12.6. The Bertz CT molecular complexity index is 695. The Morgan fingerprint density at radius 3 is 2.65 bits per heavy atom. The van der Waals surface area contributed by atoms with Crippen LogP contribution in [-0.4, -0.2) is 42.4 Å². The predicted molar refractivity (Wildman–Crippen MR) is 113 cm³/mol. The summed E-state index contributed by atoms with van der Waals surface area (Å²) in [4.78, 5) is 24.7. The summed E-state index contributed by atoms with van der Waals surface area (Å²) in [7, 11) is -1.30. The number of carbonyl (C=O) groups is 2. The van der Waals surface area contributed by atoms with Gasteiger partial charge in [0.2, 0.25) is 0 Å². The summed E-state index contributed by atoms with van der Waals surface area (Å²) in [6.45, 7) is 14.5. The van der Waals surface area contributed by atoms with Gasteiger partial charge in [-0.15, -0.1) is 0 Å². The lowest BCUT2D eigenvalue weighted by atomic mass is 10.1. The fourth-order valence-electron chi connectivity index (χ4n) is 3.02. The molecule has 0 bridgehead atoms. The number of rotatable bonds is 6. The van der Waals surface area contributed by atoms with Gasteiger partial charge in [0.15, 0.2) is 0 Å². The van der Waals surface area contributed by atoms with Crippen LogP contribution in [0, 0.1) is 3.70 Å². The molecule has 1 amide bonds. The molecule has 2 rings (SSSR count). The van der Waals surface area contributed by atoms with Crippen LogP contribution in [0.4, 0.5) is 0 Å². The van der Waals surface area contributed by atoms with E-state index in [0.29, 0.717) is 21.0 Å². The number of hydrogen-bond donors (Lipinski definition) is 1. The van der Waals surface area contributed by atoms with Crippen molar-refractivity contribution in [3.05, 3.63) is 15.0 Å². The molecule has 1 aromatic rings. The third-order valence-electron chi connectivity index (χ3n) is 5.72. The summed E-state index contributed by atoms with van der Waals surface area (Å²) in [5.41, 5.74) is 0.609. The number of halogens is 1. The van der Waals surface area contributed by atoms with Gasteiger partial charge in [-0.05, 0) is 41.0 Å². The van der Waals surface area contributed by atoms with Crippen LogP contribution >= 0.6 is 22.6 Å². The summed E-state index contributed by atoms with van der Waals surface area (Å²) in [6, 6.07) is 1.30. The van der Waals surface area contributed by atoms with Crippen LogP contribution in [-0.2, 0) is 11.3 Å². The number of amides is 1. The van der Waals surface area contributed by atoms with Crippen molar-refractivity contribution in [2.45, 2.75) is 77.3 Å². The molecular formula is C18H30IN3O3Si. The second kappa shape index (κ2) is 8.00. The molecule has 0 radical (unpaired) electrons. The maximum atomic E-state index is 12.6. The number of nitrogens with zero attached hydrogens (tertiary/aromatic N) is 2. The van der Waals surface area contributed by atoms with E-state index in [-0.39, 0.29) is 24.1 Å². The zero-order chi connectivity index (χ0) is 19.7. The van der Waals surface area contributed by atoms with E-state index >= 15 is 0 Å². The van der Waals surface area contributed by atoms with Crippen molar-refractivity contribution in [1.29, 1.82) is 0 Å². The van der Waals surface area contributed by atoms with E-state index in [4.69, 9.17) is 4.74 Å². The quantitative estimate of drug-likeness (QED) is 0.370. The van der Waals surface area contributed by atoms with Crippen molar-refractivity contribution in [1.82, 2.24) is 15.1 Å². The van der Waals surface area contributed by atoms with Crippen molar-refractivity contribution in [2.24, 2.45) is 0 Å². The molecular weight excluding hydrogens is 461 g/mol. The average Bonchev–Trinajstić information content (AvgIpc) is 2.82. The minimum absolute atomic E-state index is 0.0607. The molecule has 0 spiro atoms. The fraction of sp³-hybridized carbons (Fsp3) is 0.722. The first-order chi connectivity index (χ1) is 12.0. The van der Waals surface area contributed by atoms with Crippen molar-refractivity contribution in [3.63, 3.8) is 0 Å². The number of aromatic nitrogens is 2. The molecule has 2 heterocycles. The van der Waals surface area contributed by atoms with Crippen LogP contribution in [0.25, 0.3) is 0 Å². The summed E-state index contributed by atoms with van der Waals surface area (Å²) in [6.07, 6.45) is 2.03. The first-order valence-corrected chi connectivity index (χ1v) is 13.5. The van der Waals surface area contributed by atoms with Crippen molar-refractivity contribution < 1.29 is 14.3 Å². The Morgan fingerprint density at radius 2 is 2.08 bits per heavy atom. The van der Waals surface area contributed by atoms with Gasteiger partial charge in [-0.25, -0.2) is 4.79 Å². The molecule has 0 fully saturated rings. The Labute approximate surface area is 170 Å². The molecule has 1 atom stereocenters. The van der Waals surface area contributed by atoms with Gasteiger partial charge in [0.05, 0.1) is 21.2 Å². The number of hydrogen-bond acceptors (Lipinski definition) is 4. The molecule has 146 valence electrons. The molecule has 6 nitrogen and oxygen atoms in total. The number of fused-ring (bicyclic) bond motifs is 1. The monoisotopic (exact) mass is 491 g/mol. The zero-order valence-electron chi connectivity index (χ0n) is 16.6. The number of esters is 1. The first kappa shape index (κ1) is 21.4. The molecule has 1 aliphatic rings. The number of nitrogens with one attached hydrogen (secondary N) is 1. The third-order valence-corrected chi connectivity index (χ3v) is 12.1. The molecule has 8 heteroatoms. The highest BCUT2D eigenvalue weighted by molar-refractivity contribution is 14.1. The number of carbonyl (C=O) groups excluding carboxylic acids is 2. The minimum Gasteiger partial charge on any atom is -0.462 e. The van der Waals surface area contributed by atoms with Crippen LogP contribution < -0.4 is 5.32 Å². The van der Waals surface area contributed by atoms with Gasteiger partial charge in [-0.1, -0.05) is 46.3 Å². The van der Waals surface area contributed by atoms with E-state index < -0.39 is 14.0 Å². The Morgan fingerprint density at radius 1 is 1.42 bits per heavy atom. The topological polar surface area (TPSA) is 73.2 Å². The molecule has 1 aromatic heterocycles. The Kier molecular flexibility index (Phi) is 6.58. The lowest BCUT2D eigenvalue weighted by molar-refractivity contribution is 0.0519. The van der Waals surface area contributed by atoms with Gasteiger partial charge in [0.25, 0.3) is 5.91 Å². The summed E-state index contributed by atoms with van der Waals surface area (Å²) < 4.78 is 7.26. The normalized spacial score (nSPS) is 17.7. The lowest BCUT2D eigenvalue weighted by Gasteiger charge is -2.37. The van der Waals surface area contributed by atoms with E-state index in [1.165, 1.54) is 6.04 Å². The van der Waals surface area contributed by atoms with Crippen molar-refractivity contribution in [3.8, 4) is 0 Å². The molecule has 1 aliphatic heterocycles. The second-order valence-electron chi connectivity index (χ2n) is 8.61. The zero-order valence-corrected chi connectivity index (χ0v) is 19.8. The fourth-order valence-corrected chi connectivity index (χ4v) is 5.59.